The van der Waals surface area contributed by atoms with Crippen molar-refractivity contribution >= 4 is 23.3 Å². The number of cyclic esters (lactones) is 1. The molecule has 1 unspecified atom stereocenters. The molecule has 1 atom stereocenters. The van der Waals surface area contributed by atoms with Crippen LogP contribution in [0.5, 0.6) is 5.75 Å². The van der Waals surface area contributed by atoms with Crippen LogP contribution in [-0.2, 0) is 9.53 Å². The first-order valence-corrected chi connectivity index (χ1v) is 4.93. The Balaban J connectivity index is 2.16. The van der Waals surface area contributed by atoms with Gasteiger partial charge >= 0.3 is 5.97 Å². The van der Waals surface area contributed by atoms with Crippen molar-refractivity contribution in [2.24, 2.45) is 0 Å². The van der Waals surface area contributed by atoms with Crippen LogP contribution in [0, 0.1) is 0 Å². The molecule has 0 aromatic heterocycles. The Morgan fingerprint density at radius 3 is 3.00 bits per heavy atom. The first-order chi connectivity index (χ1) is 7.16. The van der Waals surface area contributed by atoms with Gasteiger partial charge in [-0.1, -0.05) is 11.6 Å². The molecule has 2 N–H and O–H groups in total. The van der Waals surface area contributed by atoms with Gasteiger partial charge in [0.05, 0.1) is 12.3 Å². The lowest BCUT2D eigenvalue weighted by Gasteiger charge is -2.12. The minimum atomic E-state index is -0.564. The number of nitrogen functional groups attached to an aromatic ring is 1. The standard InChI is InChI=1S/C10H10ClNO3/c11-6-1-2-7(12)9(5-6)15-8-3-4-14-10(8)13/h1-2,5,8H,3-4,12H2. The van der Waals surface area contributed by atoms with E-state index in [9.17, 15) is 4.79 Å². The Kier molecular flexibility index (Phi) is 2.68. The topological polar surface area (TPSA) is 61.6 Å². The number of esters is 1. The zero-order chi connectivity index (χ0) is 10.8. The summed E-state index contributed by atoms with van der Waals surface area (Å²) in [5, 5.41) is 0.519. The fourth-order valence-corrected chi connectivity index (χ4v) is 1.51. The summed E-state index contributed by atoms with van der Waals surface area (Å²) < 4.78 is 10.2. The molecule has 0 saturated carbocycles. The predicted molar refractivity (Wildman–Crippen MR) is 55.9 cm³/mol. The van der Waals surface area contributed by atoms with Crippen LogP contribution in [0.3, 0.4) is 0 Å². The number of nitrogens with two attached hydrogens (primary N) is 1. The number of hydrogen-bond donors (Lipinski definition) is 1. The second kappa shape index (κ2) is 3.98. The van der Waals surface area contributed by atoms with Gasteiger partial charge in [0.15, 0.2) is 6.10 Å². The Bertz CT molecular complexity index is 394. The van der Waals surface area contributed by atoms with Gasteiger partial charge in [-0.2, -0.15) is 0 Å². The van der Waals surface area contributed by atoms with Gasteiger partial charge in [-0.15, -0.1) is 0 Å². The maximum Gasteiger partial charge on any atom is 0.347 e. The summed E-state index contributed by atoms with van der Waals surface area (Å²) in [7, 11) is 0. The smallest absolute Gasteiger partial charge is 0.347 e. The molecule has 2 rings (SSSR count). The summed E-state index contributed by atoms with van der Waals surface area (Å²) in [6.07, 6.45) is -0.0177. The zero-order valence-electron chi connectivity index (χ0n) is 7.90. The van der Waals surface area contributed by atoms with Gasteiger partial charge in [-0.25, -0.2) is 4.79 Å². The van der Waals surface area contributed by atoms with Crippen LogP contribution in [0.25, 0.3) is 0 Å². The number of benzene rings is 1. The van der Waals surface area contributed by atoms with Crippen LogP contribution in [0.15, 0.2) is 18.2 Å². The molecular formula is C10H10ClNO3. The quantitative estimate of drug-likeness (QED) is 0.616. The van der Waals surface area contributed by atoms with E-state index in [1.807, 2.05) is 0 Å². The van der Waals surface area contributed by atoms with E-state index < -0.39 is 6.10 Å². The SMILES string of the molecule is Nc1ccc(Cl)cc1OC1CCOC1=O. The number of carbonyl (C=O) groups is 1. The van der Waals surface area contributed by atoms with Gasteiger partial charge in [0.2, 0.25) is 0 Å². The van der Waals surface area contributed by atoms with Crippen LogP contribution in [0.4, 0.5) is 5.69 Å². The Hall–Kier alpha value is -1.42. The molecule has 4 nitrogen and oxygen atoms in total. The van der Waals surface area contributed by atoms with E-state index in [1.165, 1.54) is 0 Å². The van der Waals surface area contributed by atoms with E-state index in [0.717, 1.165) is 0 Å². The second-order valence-electron chi connectivity index (χ2n) is 3.24. The van der Waals surface area contributed by atoms with Crippen molar-refractivity contribution in [2.45, 2.75) is 12.5 Å². The van der Waals surface area contributed by atoms with Crippen molar-refractivity contribution in [1.82, 2.24) is 0 Å². The van der Waals surface area contributed by atoms with Crippen molar-refractivity contribution in [2.75, 3.05) is 12.3 Å². The van der Waals surface area contributed by atoms with Gasteiger partial charge in [0.1, 0.15) is 5.75 Å². The minimum absolute atomic E-state index is 0.352. The third-order valence-electron chi connectivity index (χ3n) is 2.13. The number of anilines is 1. The van der Waals surface area contributed by atoms with Gasteiger partial charge in [-0.05, 0) is 12.1 Å². The number of carbonyl (C=O) groups excluding carboxylic acids is 1. The van der Waals surface area contributed by atoms with E-state index in [1.54, 1.807) is 18.2 Å². The molecule has 0 bridgehead atoms. The average molecular weight is 228 g/mol. The van der Waals surface area contributed by atoms with E-state index >= 15 is 0 Å². The van der Waals surface area contributed by atoms with E-state index in [2.05, 4.69) is 0 Å². The first kappa shape index (κ1) is 10.1. The maximum atomic E-state index is 11.2. The lowest BCUT2D eigenvalue weighted by atomic mass is 10.2. The molecule has 1 saturated heterocycles. The van der Waals surface area contributed by atoms with Crippen LogP contribution >= 0.6 is 11.6 Å². The molecule has 1 heterocycles. The van der Waals surface area contributed by atoms with Crippen molar-refractivity contribution in [3.63, 3.8) is 0 Å². The summed E-state index contributed by atoms with van der Waals surface area (Å²) in [4.78, 5) is 11.2. The van der Waals surface area contributed by atoms with E-state index in [4.69, 9.17) is 26.8 Å². The number of rotatable bonds is 2. The van der Waals surface area contributed by atoms with Crippen LogP contribution < -0.4 is 10.5 Å². The lowest BCUT2D eigenvalue weighted by Crippen LogP contribution is -2.22. The Morgan fingerprint density at radius 1 is 1.53 bits per heavy atom. The third-order valence-corrected chi connectivity index (χ3v) is 2.37. The molecule has 0 radical (unpaired) electrons. The molecule has 80 valence electrons. The van der Waals surface area contributed by atoms with Crippen molar-refractivity contribution in [3.05, 3.63) is 23.2 Å². The largest absolute Gasteiger partial charge is 0.476 e. The second-order valence-corrected chi connectivity index (χ2v) is 3.68. The number of halogens is 1. The summed E-state index contributed by atoms with van der Waals surface area (Å²) >= 11 is 5.79. The fraction of sp³-hybridized carbons (Fsp3) is 0.300. The lowest BCUT2D eigenvalue weighted by molar-refractivity contribution is -0.143. The van der Waals surface area contributed by atoms with Crippen LogP contribution in [0.1, 0.15) is 6.42 Å². The normalized spacial score (nSPS) is 20.1. The number of hydrogen-bond acceptors (Lipinski definition) is 4. The van der Waals surface area contributed by atoms with Gasteiger partial charge in [0, 0.05) is 17.5 Å². The summed E-state index contributed by atoms with van der Waals surface area (Å²) in [6.45, 7) is 0.393. The summed E-state index contributed by atoms with van der Waals surface area (Å²) in [6, 6.07) is 4.89. The molecule has 0 amide bonds. The van der Waals surface area contributed by atoms with Crippen LogP contribution in [0.2, 0.25) is 5.02 Å². The molecule has 15 heavy (non-hydrogen) atoms. The van der Waals surface area contributed by atoms with Crippen molar-refractivity contribution in [3.8, 4) is 5.75 Å². The highest BCUT2D eigenvalue weighted by molar-refractivity contribution is 6.30. The molecule has 1 aromatic carbocycles. The highest BCUT2D eigenvalue weighted by Crippen LogP contribution is 2.27. The van der Waals surface area contributed by atoms with Crippen molar-refractivity contribution < 1.29 is 14.3 Å². The third kappa shape index (κ3) is 2.15. The predicted octanol–water partition coefficient (Wildman–Crippen LogP) is 1.62. The maximum absolute atomic E-state index is 11.2. The van der Waals surface area contributed by atoms with E-state index in [0.29, 0.717) is 29.5 Å². The molecule has 1 aliphatic rings. The number of ether oxygens (including phenoxy) is 2. The first-order valence-electron chi connectivity index (χ1n) is 4.55. The van der Waals surface area contributed by atoms with Crippen molar-refractivity contribution in [1.29, 1.82) is 0 Å². The minimum Gasteiger partial charge on any atom is -0.476 e. The highest BCUT2D eigenvalue weighted by atomic mass is 35.5. The van der Waals surface area contributed by atoms with E-state index in [-0.39, 0.29) is 5.97 Å². The monoisotopic (exact) mass is 227 g/mol. The Morgan fingerprint density at radius 2 is 2.33 bits per heavy atom. The van der Waals surface area contributed by atoms with Gasteiger partial charge in [0.25, 0.3) is 0 Å². The highest BCUT2D eigenvalue weighted by Gasteiger charge is 2.28. The summed E-state index contributed by atoms with van der Waals surface area (Å²) in [5.74, 6) is 0.0701. The molecule has 1 fully saturated rings. The molecule has 1 aromatic rings. The fourth-order valence-electron chi connectivity index (χ4n) is 1.35. The van der Waals surface area contributed by atoms with Gasteiger partial charge in [-0.3, -0.25) is 0 Å². The molecule has 5 heteroatoms. The zero-order valence-corrected chi connectivity index (χ0v) is 8.66. The van der Waals surface area contributed by atoms with Crippen LogP contribution in [-0.4, -0.2) is 18.7 Å². The molecule has 0 spiro atoms. The molecule has 1 aliphatic heterocycles. The van der Waals surface area contributed by atoms with Gasteiger partial charge < -0.3 is 15.2 Å². The molecule has 0 aliphatic carbocycles. The average Bonchev–Trinajstić information content (AvgIpc) is 2.58. The summed E-state index contributed by atoms with van der Waals surface area (Å²) in [5.41, 5.74) is 6.13. The Labute approximate surface area is 91.9 Å². The molecular weight excluding hydrogens is 218 g/mol.